The lowest BCUT2D eigenvalue weighted by molar-refractivity contribution is 0.0594. The van der Waals surface area contributed by atoms with Crippen LogP contribution >= 0.6 is 11.3 Å². The number of amides is 2. The number of anilines is 2. The van der Waals surface area contributed by atoms with Gasteiger partial charge in [0, 0.05) is 5.69 Å². The van der Waals surface area contributed by atoms with Crippen LogP contribution in [0.1, 0.15) is 33.2 Å². The predicted octanol–water partition coefficient (Wildman–Crippen LogP) is 6.66. The topological polar surface area (TPSA) is 76.7 Å². The third-order valence-electron chi connectivity index (χ3n) is 5.18. The molecule has 2 amide bonds. The summed E-state index contributed by atoms with van der Waals surface area (Å²) in [6, 6.07) is 26.0. The molecule has 0 atom stereocenters. The molecule has 0 saturated heterocycles. The molecule has 4 rings (SSSR count). The van der Waals surface area contributed by atoms with E-state index in [0.717, 1.165) is 21.7 Å². The Morgan fingerprint density at radius 3 is 2.06 bits per heavy atom. The van der Waals surface area contributed by atoms with Gasteiger partial charge in [0.2, 0.25) is 0 Å². The first-order chi connectivity index (χ1) is 16.5. The number of esters is 1. The van der Waals surface area contributed by atoms with E-state index in [2.05, 4.69) is 10.6 Å². The van der Waals surface area contributed by atoms with Crippen molar-refractivity contribution in [3.8, 4) is 5.75 Å². The fourth-order valence-electron chi connectivity index (χ4n) is 3.46. The Morgan fingerprint density at radius 2 is 1.50 bits per heavy atom. The number of rotatable bonds is 7. The Hall–Kier alpha value is -4.10. The van der Waals surface area contributed by atoms with Gasteiger partial charge in [0.15, 0.2) is 0 Å². The molecule has 0 aliphatic carbocycles. The molecule has 1 heterocycles. The molecular weight excluding hydrogens is 448 g/mol. The quantitative estimate of drug-likeness (QED) is 0.295. The van der Waals surface area contributed by atoms with Gasteiger partial charge >= 0.3 is 12.0 Å². The van der Waals surface area contributed by atoms with E-state index in [9.17, 15) is 9.59 Å². The molecule has 34 heavy (non-hydrogen) atoms. The summed E-state index contributed by atoms with van der Waals surface area (Å²) >= 11 is 1.44. The lowest BCUT2D eigenvalue weighted by Gasteiger charge is -2.22. The van der Waals surface area contributed by atoms with Gasteiger partial charge in [-0.25, -0.2) is 9.59 Å². The summed E-state index contributed by atoms with van der Waals surface area (Å²) in [5.74, 6) is -0.211. The minimum absolute atomic E-state index is 0.212. The number of aryl methyl sites for hydroxylation is 1. The van der Waals surface area contributed by atoms with Crippen LogP contribution in [0.25, 0.3) is 0 Å². The first kappa shape index (κ1) is 23.1. The van der Waals surface area contributed by atoms with Crippen molar-refractivity contribution in [1.29, 1.82) is 0 Å². The molecule has 3 aromatic carbocycles. The minimum Gasteiger partial charge on any atom is -0.480 e. The highest BCUT2D eigenvalue weighted by molar-refractivity contribution is 7.14. The lowest BCUT2D eigenvalue weighted by atomic mass is 10.0. The second-order valence-electron chi connectivity index (χ2n) is 7.53. The van der Waals surface area contributed by atoms with E-state index in [1.165, 1.54) is 18.4 Å². The summed E-state index contributed by atoms with van der Waals surface area (Å²) < 4.78 is 11.4. The number of thiophene rings is 1. The second kappa shape index (κ2) is 10.7. The fourth-order valence-corrected chi connectivity index (χ4v) is 4.27. The highest BCUT2D eigenvalue weighted by atomic mass is 32.1. The van der Waals surface area contributed by atoms with Gasteiger partial charge in [0.1, 0.15) is 17.4 Å². The molecule has 172 valence electrons. The van der Waals surface area contributed by atoms with Crippen LogP contribution in [0.3, 0.4) is 0 Å². The number of nitrogens with one attached hydrogen (secondary N) is 2. The first-order valence-corrected chi connectivity index (χ1v) is 11.5. The summed E-state index contributed by atoms with van der Waals surface area (Å²) in [6.45, 7) is 1.92. The largest absolute Gasteiger partial charge is 0.480 e. The van der Waals surface area contributed by atoms with Crippen molar-refractivity contribution in [2.24, 2.45) is 0 Å². The molecule has 0 spiro atoms. The molecule has 0 saturated carbocycles. The van der Waals surface area contributed by atoms with Crippen LogP contribution < -0.4 is 15.4 Å². The molecule has 0 aliphatic rings. The minimum atomic E-state index is -0.562. The van der Waals surface area contributed by atoms with E-state index in [1.807, 2.05) is 79.0 Å². The van der Waals surface area contributed by atoms with Gasteiger partial charge in [-0.05, 0) is 53.3 Å². The molecule has 0 fully saturated rings. The number of methoxy groups -OCH3 is 1. The maximum absolute atomic E-state index is 12.6. The zero-order valence-corrected chi connectivity index (χ0v) is 19.6. The average molecular weight is 473 g/mol. The number of hydrogen-bond acceptors (Lipinski definition) is 5. The third-order valence-corrected chi connectivity index (χ3v) is 6.11. The number of ether oxygens (including phenoxy) is 2. The SMILES string of the molecule is COC(=O)c1cc(NC(=O)Nc2sccc2C)ccc1OC(c1ccccc1)c1ccccc1. The van der Waals surface area contributed by atoms with Crippen molar-refractivity contribution >= 4 is 34.0 Å². The number of hydrogen-bond donors (Lipinski definition) is 2. The monoisotopic (exact) mass is 472 g/mol. The molecule has 6 nitrogen and oxygen atoms in total. The van der Waals surface area contributed by atoms with Crippen LogP contribution in [0.5, 0.6) is 5.75 Å². The Bertz CT molecular complexity index is 1230. The van der Waals surface area contributed by atoms with Crippen LogP contribution in [-0.4, -0.2) is 19.1 Å². The van der Waals surface area contributed by atoms with Gasteiger partial charge in [-0.2, -0.15) is 0 Å². The van der Waals surface area contributed by atoms with Gasteiger partial charge in [0.05, 0.1) is 12.1 Å². The van der Waals surface area contributed by atoms with Crippen LogP contribution in [0.4, 0.5) is 15.5 Å². The molecule has 2 N–H and O–H groups in total. The lowest BCUT2D eigenvalue weighted by Crippen LogP contribution is -2.20. The number of carbonyl (C=O) groups excluding carboxylic acids is 2. The van der Waals surface area contributed by atoms with Crippen LogP contribution in [0.15, 0.2) is 90.3 Å². The van der Waals surface area contributed by atoms with Crippen molar-refractivity contribution in [3.63, 3.8) is 0 Å². The summed E-state index contributed by atoms with van der Waals surface area (Å²) in [5.41, 5.74) is 3.52. The van der Waals surface area contributed by atoms with Gasteiger partial charge in [0.25, 0.3) is 0 Å². The van der Waals surface area contributed by atoms with Crippen molar-refractivity contribution in [2.45, 2.75) is 13.0 Å². The van der Waals surface area contributed by atoms with E-state index in [0.29, 0.717) is 11.4 Å². The van der Waals surface area contributed by atoms with Crippen LogP contribution in [0, 0.1) is 6.92 Å². The molecule has 0 radical (unpaired) electrons. The molecule has 0 bridgehead atoms. The van der Waals surface area contributed by atoms with Crippen molar-refractivity contribution < 1.29 is 19.1 Å². The van der Waals surface area contributed by atoms with Gasteiger partial charge < -0.3 is 14.8 Å². The summed E-state index contributed by atoms with van der Waals surface area (Å²) in [5, 5.41) is 8.24. The van der Waals surface area contributed by atoms with E-state index in [-0.39, 0.29) is 5.56 Å². The first-order valence-electron chi connectivity index (χ1n) is 10.7. The third kappa shape index (κ3) is 5.44. The normalized spacial score (nSPS) is 10.6. The highest BCUT2D eigenvalue weighted by Crippen LogP contribution is 2.32. The molecule has 7 heteroatoms. The van der Waals surface area contributed by atoms with Gasteiger partial charge in [-0.3, -0.25) is 5.32 Å². The maximum Gasteiger partial charge on any atom is 0.341 e. The Labute approximate surface area is 202 Å². The Morgan fingerprint density at radius 1 is 0.853 bits per heavy atom. The summed E-state index contributed by atoms with van der Waals surface area (Å²) in [6.07, 6.45) is -0.435. The van der Waals surface area contributed by atoms with E-state index < -0.39 is 18.1 Å². The summed E-state index contributed by atoms with van der Waals surface area (Å²) in [4.78, 5) is 25.1. The molecular formula is C27H24N2O4S. The fraction of sp³-hybridized carbons (Fsp3) is 0.111. The summed E-state index contributed by atoms with van der Waals surface area (Å²) in [7, 11) is 1.31. The second-order valence-corrected chi connectivity index (χ2v) is 8.45. The van der Waals surface area contributed by atoms with E-state index in [1.54, 1.807) is 18.2 Å². The standard InChI is InChI=1S/C27H24N2O4S/c1-18-15-16-34-25(18)29-27(31)28-21-13-14-23(22(17-21)26(30)32-2)33-24(19-9-5-3-6-10-19)20-11-7-4-8-12-20/h3-17,24H,1-2H3,(H2,28,29,31). The number of benzene rings is 3. The number of urea groups is 1. The van der Waals surface area contributed by atoms with Gasteiger partial charge in [-0.1, -0.05) is 60.7 Å². The smallest absolute Gasteiger partial charge is 0.341 e. The Kier molecular flexibility index (Phi) is 7.25. The van der Waals surface area contributed by atoms with E-state index in [4.69, 9.17) is 9.47 Å². The van der Waals surface area contributed by atoms with Gasteiger partial charge in [-0.15, -0.1) is 11.3 Å². The Balaban J connectivity index is 1.62. The molecule has 4 aromatic rings. The zero-order valence-electron chi connectivity index (χ0n) is 18.8. The van der Waals surface area contributed by atoms with Crippen LogP contribution in [-0.2, 0) is 4.74 Å². The average Bonchev–Trinajstić information content (AvgIpc) is 3.27. The molecule has 0 unspecified atom stereocenters. The predicted molar refractivity (Wildman–Crippen MR) is 135 cm³/mol. The number of carbonyl (C=O) groups is 2. The maximum atomic E-state index is 12.6. The zero-order chi connectivity index (χ0) is 23.9. The molecule has 0 aliphatic heterocycles. The van der Waals surface area contributed by atoms with Crippen molar-refractivity contribution in [2.75, 3.05) is 17.7 Å². The highest BCUT2D eigenvalue weighted by Gasteiger charge is 2.21. The van der Waals surface area contributed by atoms with E-state index >= 15 is 0 Å². The van der Waals surface area contributed by atoms with Crippen LogP contribution in [0.2, 0.25) is 0 Å². The van der Waals surface area contributed by atoms with Crippen molar-refractivity contribution in [3.05, 3.63) is 113 Å². The molecule has 1 aromatic heterocycles. The van der Waals surface area contributed by atoms with Crippen molar-refractivity contribution in [1.82, 2.24) is 0 Å².